The lowest BCUT2D eigenvalue weighted by Crippen LogP contribution is -2.31. The maximum atomic E-state index is 2.47. The summed E-state index contributed by atoms with van der Waals surface area (Å²) in [6.45, 7) is 12.2. The van der Waals surface area contributed by atoms with Crippen molar-refractivity contribution in [3.63, 3.8) is 0 Å². The molecule has 0 saturated carbocycles. The van der Waals surface area contributed by atoms with Crippen LogP contribution < -0.4 is 0 Å². The van der Waals surface area contributed by atoms with Crippen LogP contribution in [0.2, 0.25) is 0 Å². The average Bonchev–Trinajstić information content (AvgIpc) is 2.22. The van der Waals surface area contributed by atoms with Gasteiger partial charge in [0.15, 0.2) is 0 Å². The number of fused-ring (bicyclic) bond motifs is 2. The maximum Gasteiger partial charge on any atom is 0.00714 e. The van der Waals surface area contributed by atoms with Gasteiger partial charge in [0.2, 0.25) is 0 Å². The molecule has 2 aliphatic rings. The van der Waals surface area contributed by atoms with E-state index in [4.69, 9.17) is 0 Å². The molecule has 1 heteroatoms. The third-order valence-electron chi connectivity index (χ3n) is 3.85. The summed E-state index contributed by atoms with van der Waals surface area (Å²) in [5.74, 6) is 0. The van der Waals surface area contributed by atoms with Gasteiger partial charge in [-0.2, -0.15) is 0 Å². The molecule has 1 saturated heterocycles. The molecule has 0 N–H and O–H groups in total. The van der Waals surface area contributed by atoms with Crippen molar-refractivity contribution in [2.75, 3.05) is 0 Å². The zero-order chi connectivity index (χ0) is 11.3. The first-order valence-electron chi connectivity index (χ1n) is 5.96. The average molecular weight is 222 g/mol. The van der Waals surface area contributed by atoms with Crippen LogP contribution >= 0.6 is 7.92 Å². The summed E-state index contributed by atoms with van der Waals surface area (Å²) in [7, 11) is 0.0116. The Morgan fingerprint density at radius 1 is 0.933 bits per heavy atom. The van der Waals surface area contributed by atoms with Crippen LogP contribution in [-0.2, 0) is 0 Å². The summed E-state index contributed by atoms with van der Waals surface area (Å²) in [5, 5.41) is 1.38. The second kappa shape index (κ2) is 3.20. The quantitative estimate of drug-likeness (QED) is 0.521. The summed E-state index contributed by atoms with van der Waals surface area (Å²) in [6.07, 6.45) is 12.2. The zero-order valence-corrected chi connectivity index (χ0v) is 11.6. The fourth-order valence-electron chi connectivity index (χ4n) is 3.69. The van der Waals surface area contributed by atoms with Crippen molar-refractivity contribution in [2.24, 2.45) is 0 Å². The van der Waals surface area contributed by atoms with E-state index in [-0.39, 0.29) is 7.92 Å². The van der Waals surface area contributed by atoms with Crippen molar-refractivity contribution >= 4 is 7.92 Å². The Kier molecular flexibility index (Phi) is 2.43. The third kappa shape index (κ3) is 1.72. The normalized spacial score (nSPS) is 44.5. The van der Waals surface area contributed by atoms with Gasteiger partial charge in [-0.1, -0.05) is 66.8 Å². The molecule has 2 heterocycles. The minimum Gasteiger partial charge on any atom is -0.0811 e. The molecule has 0 aromatic rings. The monoisotopic (exact) mass is 222 g/mol. The molecule has 2 unspecified atom stereocenters. The topological polar surface area (TPSA) is 0 Å². The second-order valence-electron chi connectivity index (χ2n) is 6.44. The Morgan fingerprint density at radius 3 is 1.67 bits per heavy atom. The lowest BCUT2D eigenvalue weighted by atomic mass is 9.95. The highest BCUT2D eigenvalue weighted by atomic mass is 31.1. The van der Waals surface area contributed by atoms with Crippen LogP contribution in [0.1, 0.15) is 47.5 Å². The Bertz CT molecular complexity index is 295. The van der Waals surface area contributed by atoms with Crippen LogP contribution in [0.3, 0.4) is 0 Å². The number of allylic oxidation sites excluding steroid dienone is 4. The molecular formula is C14H23P. The van der Waals surface area contributed by atoms with Gasteiger partial charge in [0.1, 0.15) is 0 Å². The Labute approximate surface area is 95.6 Å². The predicted octanol–water partition coefficient (Wildman–Crippen LogP) is 4.70. The zero-order valence-electron chi connectivity index (χ0n) is 10.7. The summed E-state index contributed by atoms with van der Waals surface area (Å²) >= 11 is 0. The molecule has 15 heavy (non-hydrogen) atoms. The van der Waals surface area contributed by atoms with E-state index in [2.05, 4.69) is 58.9 Å². The van der Waals surface area contributed by atoms with Crippen LogP contribution in [0.25, 0.3) is 0 Å². The first kappa shape index (κ1) is 11.4. The Hall–Kier alpha value is -0.0900. The first-order chi connectivity index (χ1) is 6.78. The van der Waals surface area contributed by atoms with Gasteiger partial charge in [0, 0.05) is 10.3 Å². The maximum absolute atomic E-state index is 2.47. The van der Waals surface area contributed by atoms with E-state index in [1.807, 2.05) is 0 Å². The molecule has 2 bridgehead atoms. The van der Waals surface area contributed by atoms with Gasteiger partial charge >= 0.3 is 0 Å². The molecule has 0 aromatic heterocycles. The molecule has 0 aliphatic carbocycles. The van der Waals surface area contributed by atoms with E-state index in [1.54, 1.807) is 0 Å². The second-order valence-corrected chi connectivity index (χ2v) is 10.5. The Morgan fingerprint density at radius 2 is 1.33 bits per heavy atom. The van der Waals surface area contributed by atoms with Gasteiger partial charge in [-0.25, -0.2) is 0 Å². The van der Waals surface area contributed by atoms with Gasteiger partial charge in [0.05, 0.1) is 0 Å². The molecule has 84 valence electrons. The van der Waals surface area contributed by atoms with E-state index in [0.29, 0.717) is 15.5 Å². The summed E-state index contributed by atoms with van der Waals surface area (Å²) in [4.78, 5) is 0. The summed E-state index contributed by atoms with van der Waals surface area (Å²) in [5.41, 5.74) is 0. The van der Waals surface area contributed by atoms with Crippen LogP contribution in [0.5, 0.6) is 0 Å². The van der Waals surface area contributed by atoms with Crippen LogP contribution in [0.15, 0.2) is 24.3 Å². The van der Waals surface area contributed by atoms with Crippen molar-refractivity contribution in [1.82, 2.24) is 0 Å². The van der Waals surface area contributed by atoms with Crippen molar-refractivity contribution < 1.29 is 0 Å². The van der Waals surface area contributed by atoms with Crippen LogP contribution in [0, 0.1) is 0 Å². The number of rotatable bonds is 0. The molecule has 1 fully saturated rings. The van der Waals surface area contributed by atoms with Gasteiger partial charge in [-0.15, -0.1) is 0 Å². The largest absolute Gasteiger partial charge is 0.0811 e. The molecule has 2 aliphatic heterocycles. The summed E-state index contributed by atoms with van der Waals surface area (Å²) in [6, 6.07) is 0. The third-order valence-corrected chi connectivity index (χ3v) is 7.98. The minimum atomic E-state index is 0.0116. The molecule has 2 rings (SSSR count). The van der Waals surface area contributed by atoms with Gasteiger partial charge in [0.25, 0.3) is 0 Å². The van der Waals surface area contributed by atoms with Gasteiger partial charge in [-0.3, -0.25) is 0 Å². The van der Waals surface area contributed by atoms with E-state index in [9.17, 15) is 0 Å². The van der Waals surface area contributed by atoms with Crippen molar-refractivity contribution in [1.29, 1.82) is 0 Å². The standard InChI is InChI=1S/C14H23P/c1-12(2,3)15-13(4)8-6-7-9-14(15,5)11-10-13/h6-9H,10-11H2,1-5H3. The molecule has 2 atom stereocenters. The van der Waals surface area contributed by atoms with E-state index in [1.165, 1.54) is 12.8 Å². The summed E-state index contributed by atoms with van der Waals surface area (Å²) < 4.78 is 0. The van der Waals surface area contributed by atoms with Crippen LogP contribution in [-0.4, -0.2) is 15.5 Å². The fourth-order valence-corrected chi connectivity index (χ4v) is 9.06. The first-order valence-corrected chi connectivity index (χ1v) is 7.30. The van der Waals surface area contributed by atoms with Crippen LogP contribution in [0.4, 0.5) is 0 Å². The van der Waals surface area contributed by atoms with Gasteiger partial charge in [-0.05, 0) is 18.0 Å². The highest BCUT2D eigenvalue weighted by Crippen LogP contribution is 2.75. The predicted molar refractivity (Wildman–Crippen MR) is 71.0 cm³/mol. The smallest absolute Gasteiger partial charge is 0.00714 e. The van der Waals surface area contributed by atoms with E-state index < -0.39 is 0 Å². The van der Waals surface area contributed by atoms with E-state index in [0.717, 1.165) is 0 Å². The fraction of sp³-hybridized carbons (Fsp3) is 0.714. The minimum absolute atomic E-state index is 0.0116. The highest BCUT2D eigenvalue weighted by molar-refractivity contribution is 7.63. The lowest BCUT2D eigenvalue weighted by Gasteiger charge is -2.45. The SMILES string of the molecule is CC(C)(C)P1C2(C)C=CC=CC1(C)CC2. The van der Waals surface area contributed by atoms with Crippen molar-refractivity contribution in [2.45, 2.75) is 62.9 Å². The molecular weight excluding hydrogens is 199 g/mol. The molecule has 0 amide bonds. The molecule has 0 radical (unpaired) electrons. The number of hydrogen-bond donors (Lipinski definition) is 0. The Balaban J connectivity index is 2.51. The van der Waals surface area contributed by atoms with Crippen molar-refractivity contribution in [3.8, 4) is 0 Å². The van der Waals surface area contributed by atoms with Crippen molar-refractivity contribution in [3.05, 3.63) is 24.3 Å². The molecule has 0 spiro atoms. The molecule has 0 aromatic carbocycles. The lowest BCUT2D eigenvalue weighted by molar-refractivity contribution is 0.645. The number of hydrogen-bond acceptors (Lipinski definition) is 0. The van der Waals surface area contributed by atoms with E-state index >= 15 is 0 Å². The molecule has 0 nitrogen and oxygen atoms in total. The highest BCUT2D eigenvalue weighted by Gasteiger charge is 2.54. The van der Waals surface area contributed by atoms with Gasteiger partial charge < -0.3 is 0 Å².